The van der Waals surface area contributed by atoms with Crippen LogP contribution in [0.3, 0.4) is 0 Å². The third kappa shape index (κ3) is 2.86. The lowest BCUT2D eigenvalue weighted by molar-refractivity contribution is 0.104. The molecule has 1 heterocycles. The second-order valence-electron chi connectivity index (χ2n) is 4.21. The van der Waals surface area contributed by atoms with Crippen molar-refractivity contribution in [1.82, 2.24) is 4.90 Å². The molecule has 0 bridgehead atoms. The van der Waals surface area contributed by atoms with Gasteiger partial charge in [0.25, 0.3) is 0 Å². The smallest absolute Gasteiger partial charge is 0.119 e. The Balaban J connectivity index is 1.93. The zero-order valence-corrected chi connectivity index (χ0v) is 9.15. The molecule has 0 saturated carbocycles. The molecule has 0 radical (unpaired) electrons. The van der Waals surface area contributed by atoms with E-state index in [1.165, 1.54) is 13.0 Å². The molecule has 0 unspecified atom stereocenters. The molecule has 1 aromatic carbocycles. The fraction of sp³-hybridized carbons (Fsp3) is 0.500. The van der Waals surface area contributed by atoms with Crippen LogP contribution in [0.2, 0.25) is 0 Å². The zero-order chi connectivity index (χ0) is 10.7. The van der Waals surface area contributed by atoms with E-state index in [9.17, 15) is 0 Å². The summed E-state index contributed by atoms with van der Waals surface area (Å²) >= 11 is 0. The minimum Gasteiger partial charge on any atom is -0.489 e. The van der Waals surface area contributed by atoms with Gasteiger partial charge >= 0.3 is 0 Å². The number of nitrogen functional groups attached to an aromatic ring is 1. The Hall–Kier alpha value is -1.22. The predicted molar refractivity (Wildman–Crippen MR) is 62.0 cm³/mol. The summed E-state index contributed by atoms with van der Waals surface area (Å²) in [6.45, 7) is 2.20. The van der Waals surface area contributed by atoms with Gasteiger partial charge in [0.2, 0.25) is 0 Å². The number of ether oxygens (including phenoxy) is 1. The van der Waals surface area contributed by atoms with E-state index in [1.807, 2.05) is 24.3 Å². The van der Waals surface area contributed by atoms with Crippen LogP contribution in [0.25, 0.3) is 0 Å². The number of benzene rings is 1. The van der Waals surface area contributed by atoms with Crippen molar-refractivity contribution in [2.45, 2.75) is 18.9 Å². The molecule has 0 amide bonds. The molecule has 3 nitrogen and oxygen atoms in total. The molecule has 1 atom stereocenters. The maximum atomic E-state index is 5.88. The molecule has 1 aromatic rings. The average Bonchev–Trinajstić information content (AvgIpc) is 2.22. The van der Waals surface area contributed by atoms with Crippen LogP contribution < -0.4 is 10.5 Å². The van der Waals surface area contributed by atoms with Gasteiger partial charge in [0.05, 0.1) is 0 Å². The fourth-order valence-electron chi connectivity index (χ4n) is 1.95. The van der Waals surface area contributed by atoms with Crippen LogP contribution in [0, 0.1) is 0 Å². The molecule has 2 N–H and O–H groups in total. The van der Waals surface area contributed by atoms with E-state index < -0.39 is 0 Å². The van der Waals surface area contributed by atoms with Crippen molar-refractivity contribution in [3.63, 3.8) is 0 Å². The highest BCUT2D eigenvalue weighted by Gasteiger charge is 2.18. The second-order valence-corrected chi connectivity index (χ2v) is 4.21. The number of nitrogens with zero attached hydrogens (tertiary/aromatic N) is 1. The fourth-order valence-corrected chi connectivity index (χ4v) is 1.95. The normalized spacial score (nSPS) is 22.6. The van der Waals surface area contributed by atoms with Gasteiger partial charge < -0.3 is 15.4 Å². The maximum Gasteiger partial charge on any atom is 0.119 e. The number of nitrogens with two attached hydrogens (primary N) is 1. The Bertz CT molecular complexity index is 310. The monoisotopic (exact) mass is 206 g/mol. The summed E-state index contributed by atoms with van der Waals surface area (Å²) in [5, 5.41) is 0. The zero-order valence-electron chi connectivity index (χ0n) is 9.15. The van der Waals surface area contributed by atoms with E-state index in [4.69, 9.17) is 10.5 Å². The molecule has 82 valence electrons. The Morgan fingerprint density at radius 1 is 1.33 bits per heavy atom. The highest BCUT2D eigenvalue weighted by Crippen LogP contribution is 2.18. The van der Waals surface area contributed by atoms with Gasteiger partial charge in [-0.05, 0) is 50.7 Å². The summed E-state index contributed by atoms with van der Waals surface area (Å²) in [7, 11) is 2.14. The minimum absolute atomic E-state index is 0.326. The highest BCUT2D eigenvalue weighted by atomic mass is 16.5. The lowest BCUT2D eigenvalue weighted by Crippen LogP contribution is -2.38. The van der Waals surface area contributed by atoms with Crippen LogP contribution in [-0.2, 0) is 0 Å². The summed E-state index contributed by atoms with van der Waals surface area (Å²) < 4.78 is 5.88. The molecular formula is C12H18N2O. The number of piperidine rings is 1. The van der Waals surface area contributed by atoms with E-state index in [0.717, 1.165) is 24.4 Å². The first-order valence-electron chi connectivity index (χ1n) is 5.45. The van der Waals surface area contributed by atoms with Gasteiger partial charge in [-0.25, -0.2) is 0 Å². The van der Waals surface area contributed by atoms with E-state index >= 15 is 0 Å². The lowest BCUT2D eigenvalue weighted by Gasteiger charge is -2.30. The number of anilines is 1. The first-order valence-corrected chi connectivity index (χ1v) is 5.45. The number of likely N-dealkylation sites (N-methyl/N-ethyl adjacent to an activating group) is 1. The largest absolute Gasteiger partial charge is 0.489 e. The molecule has 0 aliphatic carbocycles. The summed E-state index contributed by atoms with van der Waals surface area (Å²) in [6, 6.07) is 7.62. The van der Waals surface area contributed by atoms with Crippen molar-refractivity contribution in [2.24, 2.45) is 0 Å². The first kappa shape index (κ1) is 10.3. The molecule has 3 heteroatoms. The third-order valence-corrected chi connectivity index (χ3v) is 2.76. The number of hydrogen-bond acceptors (Lipinski definition) is 3. The van der Waals surface area contributed by atoms with E-state index in [-0.39, 0.29) is 0 Å². The maximum absolute atomic E-state index is 5.88. The van der Waals surface area contributed by atoms with Gasteiger partial charge in [-0.2, -0.15) is 0 Å². The van der Waals surface area contributed by atoms with Gasteiger partial charge in [0.15, 0.2) is 0 Å². The van der Waals surface area contributed by atoms with E-state index in [1.54, 1.807) is 0 Å². The average molecular weight is 206 g/mol. The number of hydrogen-bond donors (Lipinski definition) is 1. The van der Waals surface area contributed by atoms with Crippen LogP contribution in [0.1, 0.15) is 12.8 Å². The van der Waals surface area contributed by atoms with Crippen molar-refractivity contribution in [3.8, 4) is 5.75 Å². The Kier molecular flexibility index (Phi) is 3.11. The number of likely N-dealkylation sites (tertiary alicyclic amines) is 1. The predicted octanol–water partition coefficient (Wildman–Crippen LogP) is 1.74. The molecule has 1 fully saturated rings. The van der Waals surface area contributed by atoms with Gasteiger partial charge in [-0.15, -0.1) is 0 Å². The first-order chi connectivity index (χ1) is 7.24. The number of rotatable bonds is 2. The second kappa shape index (κ2) is 4.53. The Morgan fingerprint density at radius 2 is 2.07 bits per heavy atom. The van der Waals surface area contributed by atoms with Crippen LogP contribution in [0.4, 0.5) is 5.69 Å². The van der Waals surface area contributed by atoms with Crippen LogP contribution in [0.15, 0.2) is 24.3 Å². The molecule has 2 rings (SSSR count). The molecule has 15 heavy (non-hydrogen) atoms. The molecule has 0 spiro atoms. The molecule has 0 aromatic heterocycles. The summed E-state index contributed by atoms with van der Waals surface area (Å²) in [5.41, 5.74) is 6.40. The van der Waals surface area contributed by atoms with Crippen LogP contribution in [-0.4, -0.2) is 31.1 Å². The van der Waals surface area contributed by atoms with Crippen molar-refractivity contribution < 1.29 is 4.74 Å². The van der Waals surface area contributed by atoms with Crippen molar-refractivity contribution >= 4 is 5.69 Å². The van der Waals surface area contributed by atoms with Crippen LogP contribution >= 0.6 is 0 Å². The lowest BCUT2D eigenvalue weighted by atomic mass is 10.1. The van der Waals surface area contributed by atoms with Gasteiger partial charge in [0, 0.05) is 12.2 Å². The van der Waals surface area contributed by atoms with Crippen molar-refractivity contribution in [3.05, 3.63) is 24.3 Å². The standard InChI is InChI=1S/C12H18N2O/c1-14-8-2-3-12(9-14)15-11-6-4-10(13)5-7-11/h4-7,12H,2-3,8-9,13H2,1H3/t12-/m1/s1. The third-order valence-electron chi connectivity index (χ3n) is 2.76. The van der Waals surface area contributed by atoms with E-state index in [2.05, 4.69) is 11.9 Å². The summed E-state index contributed by atoms with van der Waals surface area (Å²) in [5.74, 6) is 0.921. The summed E-state index contributed by atoms with van der Waals surface area (Å²) in [4.78, 5) is 2.31. The van der Waals surface area contributed by atoms with Gasteiger partial charge in [0.1, 0.15) is 11.9 Å². The Labute approximate surface area is 90.8 Å². The molecular weight excluding hydrogens is 188 g/mol. The minimum atomic E-state index is 0.326. The van der Waals surface area contributed by atoms with Crippen molar-refractivity contribution in [2.75, 3.05) is 25.9 Å². The quantitative estimate of drug-likeness (QED) is 0.749. The topological polar surface area (TPSA) is 38.5 Å². The van der Waals surface area contributed by atoms with Crippen LogP contribution in [0.5, 0.6) is 5.75 Å². The molecule has 1 saturated heterocycles. The Morgan fingerprint density at radius 3 is 2.73 bits per heavy atom. The van der Waals surface area contributed by atoms with E-state index in [0.29, 0.717) is 6.10 Å². The summed E-state index contributed by atoms with van der Waals surface area (Å²) in [6.07, 6.45) is 2.69. The highest BCUT2D eigenvalue weighted by molar-refractivity contribution is 5.41. The SMILES string of the molecule is CN1CCC[C@@H](Oc2ccc(N)cc2)C1. The van der Waals surface area contributed by atoms with Gasteiger partial charge in [-0.1, -0.05) is 0 Å². The molecule has 1 aliphatic heterocycles. The van der Waals surface area contributed by atoms with Crippen molar-refractivity contribution in [1.29, 1.82) is 0 Å². The van der Waals surface area contributed by atoms with Gasteiger partial charge in [-0.3, -0.25) is 0 Å². The molecule has 1 aliphatic rings.